The van der Waals surface area contributed by atoms with Crippen LogP contribution in [0.5, 0.6) is 0 Å². The van der Waals surface area contributed by atoms with E-state index in [9.17, 15) is 0 Å². The first-order valence-corrected chi connectivity index (χ1v) is 13.1. The summed E-state index contributed by atoms with van der Waals surface area (Å²) < 4.78 is 12.3. The Hall–Kier alpha value is -0.0662. The summed E-state index contributed by atoms with van der Waals surface area (Å²) in [7, 11) is -2.96. The molecule has 4 heteroatoms. The van der Waals surface area contributed by atoms with Crippen molar-refractivity contribution < 1.29 is 8.85 Å². The van der Waals surface area contributed by atoms with Gasteiger partial charge in [0.1, 0.15) is 11.9 Å². The van der Waals surface area contributed by atoms with Gasteiger partial charge >= 0.3 is 0 Å². The molecule has 0 radical (unpaired) electrons. The minimum Gasteiger partial charge on any atom is -0.546 e. The number of allylic oxidation sites excluding steroid dienone is 1. The van der Waals surface area contributed by atoms with E-state index in [2.05, 4.69) is 45.4 Å². The molecule has 1 unspecified atom stereocenters. The van der Waals surface area contributed by atoms with Crippen LogP contribution in [0, 0.1) is 0 Å². The number of hydrogen-bond donors (Lipinski definition) is 0. The second kappa shape index (κ2) is 5.06. The Balaban J connectivity index is 2.68. The van der Waals surface area contributed by atoms with Crippen molar-refractivity contribution in [2.24, 2.45) is 0 Å². The molecule has 0 fully saturated rings. The molecule has 0 aromatic heterocycles. The molecule has 0 amide bonds. The second-order valence-electron chi connectivity index (χ2n) is 6.47. The van der Waals surface area contributed by atoms with Crippen molar-refractivity contribution in [2.75, 3.05) is 0 Å². The van der Waals surface area contributed by atoms with Crippen LogP contribution in [0.15, 0.2) is 11.8 Å². The molecule has 0 saturated carbocycles. The molecule has 94 valence electrons. The van der Waals surface area contributed by atoms with Gasteiger partial charge < -0.3 is 8.85 Å². The summed E-state index contributed by atoms with van der Waals surface area (Å²) in [5.74, 6) is 1.12. The molecular formula is C12H26O2Si2. The molecule has 1 rings (SSSR count). The van der Waals surface area contributed by atoms with Gasteiger partial charge in [0.15, 0.2) is 8.32 Å². The summed E-state index contributed by atoms with van der Waals surface area (Å²) in [5, 5.41) is 0. The lowest BCUT2D eigenvalue weighted by molar-refractivity contribution is 0.156. The van der Waals surface area contributed by atoms with E-state index in [1.54, 1.807) is 0 Å². The molecule has 0 aromatic carbocycles. The van der Waals surface area contributed by atoms with Gasteiger partial charge in [0.2, 0.25) is 8.32 Å². The Kier molecular flexibility index (Phi) is 4.43. The zero-order valence-electron chi connectivity index (χ0n) is 11.6. The van der Waals surface area contributed by atoms with Crippen molar-refractivity contribution in [1.29, 1.82) is 0 Å². The van der Waals surface area contributed by atoms with Gasteiger partial charge in [-0.2, -0.15) is 0 Å². The maximum atomic E-state index is 6.20. The van der Waals surface area contributed by atoms with E-state index in [1.165, 1.54) is 6.42 Å². The fourth-order valence-corrected chi connectivity index (χ4v) is 3.84. The zero-order chi connectivity index (χ0) is 12.4. The second-order valence-corrected chi connectivity index (χ2v) is 15.4. The third-order valence-electron chi connectivity index (χ3n) is 2.25. The summed E-state index contributed by atoms with van der Waals surface area (Å²) >= 11 is 0. The largest absolute Gasteiger partial charge is 0.546 e. The summed E-state index contributed by atoms with van der Waals surface area (Å²) in [4.78, 5) is 0. The van der Waals surface area contributed by atoms with Crippen molar-refractivity contribution in [3.05, 3.63) is 11.8 Å². The van der Waals surface area contributed by atoms with Crippen LogP contribution >= 0.6 is 0 Å². The van der Waals surface area contributed by atoms with Gasteiger partial charge in [-0.15, -0.1) is 0 Å². The van der Waals surface area contributed by atoms with E-state index < -0.39 is 16.6 Å². The smallest absolute Gasteiger partial charge is 0.241 e. The summed E-state index contributed by atoms with van der Waals surface area (Å²) in [6.45, 7) is 13.4. The molecule has 0 heterocycles. The van der Waals surface area contributed by atoms with Crippen molar-refractivity contribution >= 4 is 16.6 Å². The lowest BCUT2D eigenvalue weighted by Crippen LogP contribution is -2.37. The van der Waals surface area contributed by atoms with Gasteiger partial charge in [-0.25, -0.2) is 0 Å². The highest BCUT2D eigenvalue weighted by Crippen LogP contribution is 2.27. The van der Waals surface area contributed by atoms with E-state index in [0.717, 1.165) is 18.6 Å². The first kappa shape index (κ1) is 14.0. The van der Waals surface area contributed by atoms with Crippen LogP contribution in [-0.4, -0.2) is 22.7 Å². The van der Waals surface area contributed by atoms with Gasteiger partial charge in [-0.3, -0.25) is 0 Å². The van der Waals surface area contributed by atoms with Crippen molar-refractivity contribution in [1.82, 2.24) is 0 Å². The molecule has 0 saturated heterocycles. The molecular weight excluding hydrogens is 232 g/mol. The Morgan fingerprint density at radius 1 is 1.06 bits per heavy atom. The Morgan fingerprint density at radius 2 is 1.69 bits per heavy atom. The third kappa shape index (κ3) is 5.32. The lowest BCUT2D eigenvalue weighted by Gasteiger charge is -2.34. The van der Waals surface area contributed by atoms with Crippen LogP contribution < -0.4 is 0 Å². The Labute approximate surface area is 102 Å². The van der Waals surface area contributed by atoms with Crippen molar-refractivity contribution in [2.45, 2.75) is 64.6 Å². The van der Waals surface area contributed by atoms with Crippen LogP contribution in [0.4, 0.5) is 0 Å². The average Bonchev–Trinajstić information content (AvgIpc) is 2.03. The monoisotopic (exact) mass is 258 g/mol. The van der Waals surface area contributed by atoms with Crippen LogP contribution in [-0.2, 0) is 8.85 Å². The molecule has 1 aliphatic rings. The lowest BCUT2D eigenvalue weighted by atomic mass is 10.0. The van der Waals surface area contributed by atoms with Crippen molar-refractivity contribution in [3.8, 4) is 0 Å². The van der Waals surface area contributed by atoms with E-state index in [4.69, 9.17) is 8.85 Å². The quantitative estimate of drug-likeness (QED) is 0.706. The molecule has 2 nitrogen and oxygen atoms in total. The van der Waals surface area contributed by atoms with Crippen LogP contribution in [0.2, 0.25) is 39.3 Å². The highest BCUT2D eigenvalue weighted by Gasteiger charge is 2.29. The molecule has 16 heavy (non-hydrogen) atoms. The molecule has 1 atom stereocenters. The highest BCUT2D eigenvalue weighted by atomic mass is 28.4. The van der Waals surface area contributed by atoms with Crippen LogP contribution in [0.1, 0.15) is 19.3 Å². The fourth-order valence-electron chi connectivity index (χ4n) is 1.83. The minimum atomic E-state index is -1.49. The standard InChI is InChI=1S/C12H26O2Si2/c1-15(2,3)13-11-9-7-8-10-12(11)14-16(4,5)6/h9,12H,7-8,10H2,1-6H3. The van der Waals surface area contributed by atoms with Gasteiger partial charge in [-0.05, 0) is 64.6 Å². The van der Waals surface area contributed by atoms with Crippen molar-refractivity contribution in [3.63, 3.8) is 0 Å². The highest BCUT2D eigenvalue weighted by molar-refractivity contribution is 6.70. The Bertz CT molecular complexity index is 261. The van der Waals surface area contributed by atoms with Crippen LogP contribution in [0.3, 0.4) is 0 Å². The third-order valence-corrected chi connectivity index (χ3v) is 4.09. The van der Waals surface area contributed by atoms with Crippen LogP contribution in [0.25, 0.3) is 0 Å². The summed E-state index contributed by atoms with van der Waals surface area (Å²) in [5.41, 5.74) is 0. The first-order valence-electron chi connectivity index (χ1n) is 6.24. The maximum Gasteiger partial charge on any atom is 0.241 e. The van der Waals surface area contributed by atoms with E-state index in [0.29, 0.717) is 0 Å². The molecule has 0 aromatic rings. The minimum absolute atomic E-state index is 0.229. The molecule has 0 aliphatic heterocycles. The fraction of sp³-hybridized carbons (Fsp3) is 0.833. The molecule has 0 N–H and O–H groups in total. The predicted molar refractivity (Wildman–Crippen MR) is 74.6 cm³/mol. The van der Waals surface area contributed by atoms with Gasteiger partial charge in [0.05, 0.1) is 0 Å². The number of hydrogen-bond acceptors (Lipinski definition) is 2. The van der Waals surface area contributed by atoms with E-state index >= 15 is 0 Å². The number of rotatable bonds is 4. The maximum absolute atomic E-state index is 6.20. The molecule has 1 aliphatic carbocycles. The summed E-state index contributed by atoms with van der Waals surface area (Å²) in [6.07, 6.45) is 5.97. The molecule has 0 bridgehead atoms. The first-order chi connectivity index (χ1) is 7.17. The topological polar surface area (TPSA) is 18.5 Å². The Morgan fingerprint density at radius 3 is 2.19 bits per heavy atom. The average molecular weight is 259 g/mol. The molecule has 0 spiro atoms. The van der Waals surface area contributed by atoms with Gasteiger partial charge in [0, 0.05) is 0 Å². The zero-order valence-corrected chi connectivity index (χ0v) is 13.6. The predicted octanol–water partition coefficient (Wildman–Crippen LogP) is 4.13. The van der Waals surface area contributed by atoms with E-state index in [-0.39, 0.29) is 6.10 Å². The van der Waals surface area contributed by atoms with Gasteiger partial charge in [-0.1, -0.05) is 0 Å². The van der Waals surface area contributed by atoms with E-state index in [1.807, 2.05) is 0 Å². The normalized spacial score (nSPS) is 22.9. The summed E-state index contributed by atoms with van der Waals surface area (Å²) in [6, 6.07) is 0. The SMILES string of the molecule is C[Si](C)(C)OC1=CCCCC1O[Si](C)(C)C. The van der Waals surface area contributed by atoms with Gasteiger partial charge in [0.25, 0.3) is 0 Å².